The van der Waals surface area contributed by atoms with E-state index in [0.717, 1.165) is 11.3 Å². The zero-order valence-corrected chi connectivity index (χ0v) is 18.4. The van der Waals surface area contributed by atoms with Crippen LogP contribution in [0.1, 0.15) is 45.0 Å². The van der Waals surface area contributed by atoms with Crippen LogP contribution in [0.15, 0.2) is 29.8 Å². The molecule has 162 valence electrons. The first-order chi connectivity index (χ1) is 14.9. The van der Waals surface area contributed by atoms with Gasteiger partial charge >= 0.3 is 11.9 Å². The van der Waals surface area contributed by atoms with Crippen molar-refractivity contribution in [1.82, 2.24) is 0 Å². The van der Waals surface area contributed by atoms with E-state index in [1.165, 1.54) is 13.2 Å². The quantitative estimate of drug-likeness (QED) is 0.374. The van der Waals surface area contributed by atoms with Crippen molar-refractivity contribution >= 4 is 40.3 Å². The van der Waals surface area contributed by atoms with Crippen LogP contribution in [0.5, 0.6) is 5.75 Å². The van der Waals surface area contributed by atoms with Crippen molar-refractivity contribution in [2.24, 2.45) is 0 Å². The Hall–Kier alpha value is -3.64. The zero-order chi connectivity index (χ0) is 23.0. The third-order valence-electron chi connectivity index (χ3n) is 4.12. The first kappa shape index (κ1) is 23.6. The number of amides is 1. The molecule has 1 amide bonds. The summed E-state index contributed by atoms with van der Waals surface area (Å²) in [7, 11) is 1.48. The van der Waals surface area contributed by atoms with Crippen LogP contribution in [0.25, 0.3) is 6.08 Å². The predicted molar refractivity (Wildman–Crippen MR) is 116 cm³/mol. The Bertz CT molecular complexity index is 1060. The van der Waals surface area contributed by atoms with Gasteiger partial charge in [-0.15, -0.1) is 11.3 Å². The van der Waals surface area contributed by atoms with Crippen molar-refractivity contribution < 1.29 is 28.6 Å². The van der Waals surface area contributed by atoms with Crippen molar-refractivity contribution in [3.63, 3.8) is 0 Å². The molecular weight excluding hydrogens is 420 g/mol. The number of carbonyl (C=O) groups is 3. The molecule has 1 N–H and O–H groups in total. The summed E-state index contributed by atoms with van der Waals surface area (Å²) in [5.41, 5.74) is 0.724. The SMILES string of the molecule is CCOC(=O)c1sc(NC(=O)/C(C#N)=C/c2ccccc2OC)c(C(=O)OCC)c1C. The van der Waals surface area contributed by atoms with Crippen LogP contribution in [-0.2, 0) is 14.3 Å². The summed E-state index contributed by atoms with van der Waals surface area (Å²) in [6.45, 7) is 5.16. The summed E-state index contributed by atoms with van der Waals surface area (Å²) in [6.07, 6.45) is 1.38. The van der Waals surface area contributed by atoms with E-state index >= 15 is 0 Å². The van der Waals surface area contributed by atoms with Gasteiger partial charge in [0.2, 0.25) is 0 Å². The number of thiophene rings is 1. The largest absolute Gasteiger partial charge is 0.496 e. The lowest BCUT2D eigenvalue weighted by atomic mass is 10.1. The maximum atomic E-state index is 12.8. The molecule has 1 aromatic heterocycles. The molecule has 0 radical (unpaired) electrons. The Morgan fingerprint density at radius 1 is 1.13 bits per heavy atom. The van der Waals surface area contributed by atoms with Gasteiger partial charge in [-0.2, -0.15) is 5.26 Å². The second kappa shape index (κ2) is 10.9. The van der Waals surface area contributed by atoms with E-state index in [1.54, 1.807) is 45.0 Å². The number of esters is 2. The third-order valence-corrected chi connectivity index (χ3v) is 5.31. The number of rotatable bonds is 8. The van der Waals surface area contributed by atoms with E-state index in [2.05, 4.69) is 5.32 Å². The molecule has 1 aromatic carbocycles. The van der Waals surface area contributed by atoms with Gasteiger partial charge in [0.15, 0.2) is 0 Å². The van der Waals surface area contributed by atoms with Crippen molar-refractivity contribution in [2.75, 3.05) is 25.6 Å². The molecule has 31 heavy (non-hydrogen) atoms. The first-order valence-corrected chi connectivity index (χ1v) is 10.2. The number of nitrogens with zero attached hydrogens (tertiary/aromatic N) is 1. The summed E-state index contributed by atoms with van der Waals surface area (Å²) in [5.74, 6) is -1.54. The molecule has 1 heterocycles. The second-order valence-electron chi connectivity index (χ2n) is 6.07. The van der Waals surface area contributed by atoms with Crippen LogP contribution in [0.4, 0.5) is 5.00 Å². The van der Waals surface area contributed by atoms with E-state index in [1.807, 2.05) is 6.07 Å². The smallest absolute Gasteiger partial charge is 0.348 e. The van der Waals surface area contributed by atoms with Crippen LogP contribution < -0.4 is 10.1 Å². The minimum absolute atomic E-state index is 0.0536. The van der Waals surface area contributed by atoms with Gasteiger partial charge in [0.05, 0.1) is 25.9 Å². The standard InChI is InChI=1S/C22H22N2O6S/c1-5-29-21(26)17-13(3)18(22(27)30-6-2)31-20(17)24-19(25)15(12-23)11-14-9-7-8-10-16(14)28-4/h7-11H,5-6H2,1-4H3,(H,24,25)/b15-11+. The summed E-state index contributed by atoms with van der Waals surface area (Å²) in [5, 5.41) is 12.2. The molecule has 0 spiro atoms. The maximum Gasteiger partial charge on any atom is 0.348 e. The number of ether oxygens (including phenoxy) is 3. The number of hydrogen-bond acceptors (Lipinski definition) is 8. The minimum Gasteiger partial charge on any atom is -0.496 e. The Balaban J connectivity index is 2.45. The Morgan fingerprint density at radius 2 is 1.77 bits per heavy atom. The van der Waals surface area contributed by atoms with Crippen molar-refractivity contribution in [1.29, 1.82) is 5.26 Å². The molecule has 2 rings (SSSR count). The molecule has 2 aromatic rings. The highest BCUT2D eigenvalue weighted by Gasteiger charge is 2.28. The van der Waals surface area contributed by atoms with E-state index < -0.39 is 17.8 Å². The molecule has 0 aliphatic carbocycles. The highest BCUT2D eigenvalue weighted by Crippen LogP contribution is 2.34. The molecular formula is C22H22N2O6S. The van der Waals surface area contributed by atoms with Gasteiger partial charge in [-0.1, -0.05) is 18.2 Å². The fourth-order valence-electron chi connectivity index (χ4n) is 2.70. The van der Waals surface area contributed by atoms with Crippen molar-refractivity contribution in [2.45, 2.75) is 20.8 Å². The van der Waals surface area contributed by atoms with Crippen LogP contribution in [0.3, 0.4) is 0 Å². The topological polar surface area (TPSA) is 115 Å². The Kier molecular flexibility index (Phi) is 8.34. The lowest BCUT2D eigenvalue weighted by Gasteiger charge is -2.07. The molecule has 0 saturated heterocycles. The molecule has 0 bridgehead atoms. The predicted octanol–water partition coefficient (Wildman–Crippen LogP) is 3.96. The minimum atomic E-state index is -0.740. The van der Waals surface area contributed by atoms with Gasteiger partial charge in [0, 0.05) is 5.56 Å². The lowest BCUT2D eigenvalue weighted by Crippen LogP contribution is -2.16. The van der Waals surface area contributed by atoms with E-state index in [9.17, 15) is 19.6 Å². The summed E-state index contributed by atoms with van der Waals surface area (Å²) in [4.78, 5) is 37.7. The van der Waals surface area contributed by atoms with Gasteiger partial charge in [-0.25, -0.2) is 9.59 Å². The first-order valence-electron chi connectivity index (χ1n) is 9.41. The molecule has 0 fully saturated rings. The third kappa shape index (κ3) is 5.49. The van der Waals surface area contributed by atoms with Crippen molar-refractivity contribution in [3.05, 3.63) is 51.4 Å². The number of para-hydroxylation sites is 1. The van der Waals surface area contributed by atoms with Gasteiger partial charge in [-0.05, 0) is 38.5 Å². The molecule has 0 unspecified atom stereocenters. The van der Waals surface area contributed by atoms with Crippen molar-refractivity contribution in [3.8, 4) is 11.8 Å². The van der Waals surface area contributed by atoms with Gasteiger partial charge in [0.25, 0.3) is 5.91 Å². The van der Waals surface area contributed by atoms with Gasteiger partial charge in [0.1, 0.15) is 27.3 Å². The molecule has 0 aliphatic heterocycles. The summed E-state index contributed by atoms with van der Waals surface area (Å²) < 4.78 is 15.3. The number of nitrogens with one attached hydrogen (secondary N) is 1. The fourth-order valence-corrected chi connectivity index (χ4v) is 3.79. The number of hydrogen-bond donors (Lipinski definition) is 1. The number of benzene rings is 1. The van der Waals surface area contributed by atoms with Gasteiger partial charge in [-0.3, -0.25) is 4.79 Å². The normalized spacial score (nSPS) is 10.7. The molecule has 0 aliphatic rings. The Labute approximate surface area is 184 Å². The summed E-state index contributed by atoms with van der Waals surface area (Å²) in [6, 6.07) is 8.75. The number of nitriles is 1. The van der Waals surface area contributed by atoms with Crippen LogP contribution in [0, 0.1) is 18.3 Å². The lowest BCUT2D eigenvalue weighted by molar-refractivity contribution is -0.112. The monoisotopic (exact) mass is 442 g/mol. The second-order valence-corrected chi connectivity index (χ2v) is 7.09. The number of methoxy groups -OCH3 is 1. The van der Waals surface area contributed by atoms with Crippen LogP contribution in [-0.4, -0.2) is 38.2 Å². The van der Waals surface area contributed by atoms with E-state index in [-0.39, 0.29) is 34.2 Å². The zero-order valence-electron chi connectivity index (χ0n) is 17.6. The maximum absolute atomic E-state index is 12.8. The highest BCUT2D eigenvalue weighted by atomic mass is 32.1. The average molecular weight is 442 g/mol. The number of anilines is 1. The highest BCUT2D eigenvalue weighted by molar-refractivity contribution is 7.18. The van der Waals surface area contributed by atoms with Crippen LogP contribution >= 0.6 is 11.3 Å². The molecule has 8 nitrogen and oxygen atoms in total. The molecule has 9 heteroatoms. The van der Waals surface area contributed by atoms with Gasteiger partial charge < -0.3 is 19.5 Å². The van der Waals surface area contributed by atoms with E-state index in [0.29, 0.717) is 16.9 Å². The fraction of sp³-hybridized carbons (Fsp3) is 0.273. The van der Waals surface area contributed by atoms with Crippen LogP contribution in [0.2, 0.25) is 0 Å². The molecule has 0 atom stereocenters. The Morgan fingerprint density at radius 3 is 2.39 bits per heavy atom. The van der Waals surface area contributed by atoms with E-state index in [4.69, 9.17) is 14.2 Å². The summed E-state index contributed by atoms with van der Waals surface area (Å²) >= 11 is 0.890. The average Bonchev–Trinajstić information content (AvgIpc) is 3.08. The number of carbonyl (C=O) groups excluding carboxylic acids is 3. The molecule has 0 saturated carbocycles.